The summed E-state index contributed by atoms with van der Waals surface area (Å²) in [5.74, 6) is 0.543. The highest BCUT2D eigenvalue weighted by Gasteiger charge is 2.65. The van der Waals surface area contributed by atoms with Gasteiger partial charge in [0.1, 0.15) is 12.2 Å². The lowest BCUT2D eigenvalue weighted by Gasteiger charge is -2.56. The van der Waals surface area contributed by atoms with Crippen LogP contribution in [-0.2, 0) is 31.2 Å². The van der Waals surface area contributed by atoms with E-state index in [0.29, 0.717) is 11.5 Å². The molecule has 0 saturated carbocycles. The Balaban J connectivity index is 1.66. The molecule has 2 bridgehead atoms. The first-order chi connectivity index (χ1) is 14.4. The van der Waals surface area contributed by atoms with Gasteiger partial charge in [-0.25, -0.2) is 4.18 Å². The third-order valence-corrected chi connectivity index (χ3v) is 7.63. The fourth-order valence-corrected chi connectivity index (χ4v) is 6.21. The molecule has 8 nitrogen and oxygen atoms in total. The van der Waals surface area contributed by atoms with Crippen LogP contribution in [0, 0.1) is 11.3 Å². The van der Waals surface area contributed by atoms with Crippen LogP contribution in [0.2, 0.25) is 0 Å². The van der Waals surface area contributed by atoms with Gasteiger partial charge in [-0.05, 0) is 58.8 Å². The highest BCUT2D eigenvalue weighted by molar-refractivity contribution is 7.80. The number of rotatable bonds is 3. The van der Waals surface area contributed by atoms with Gasteiger partial charge >= 0.3 is 16.4 Å². The van der Waals surface area contributed by atoms with Gasteiger partial charge in [-0.2, -0.15) is 8.42 Å². The highest BCUT2D eigenvalue weighted by atomic mass is 32.3. The average Bonchev–Trinajstić information content (AvgIpc) is 3.00. The number of hydrogen-bond donors (Lipinski definition) is 1. The molecule has 1 aromatic rings. The second-order valence-electron chi connectivity index (χ2n) is 10.0. The first-order valence-corrected chi connectivity index (χ1v) is 11.9. The zero-order chi connectivity index (χ0) is 22.3. The largest absolute Gasteiger partial charge is 0.482 e. The lowest BCUT2D eigenvalue weighted by atomic mass is 9.53. The summed E-state index contributed by atoms with van der Waals surface area (Å²) in [6.07, 6.45) is 3.61. The molecule has 4 aliphatic rings. The number of likely N-dealkylation sites (N-methyl/N-ethyl adjacent to an activating group) is 1. The van der Waals surface area contributed by atoms with E-state index >= 15 is 0 Å². The fraction of sp³-hybridized carbons (Fsp3) is 0.591. The average molecular weight is 450 g/mol. The molecule has 0 radical (unpaired) electrons. The quantitative estimate of drug-likeness (QED) is 0.325. The van der Waals surface area contributed by atoms with Crippen molar-refractivity contribution in [3.05, 3.63) is 35.4 Å². The Kier molecular flexibility index (Phi) is 4.42. The van der Waals surface area contributed by atoms with Gasteiger partial charge in [0.05, 0.1) is 5.41 Å². The molecule has 2 aliphatic heterocycles. The standard InChI is InChI=1S/C22H27NO7S/c1-21(2,3)20(24)28-15-7-5-12-11-14-13-6-8-16(30-31(25,26)27)19-22(13,9-10-23(14)4)17(12)18(15)29-19/h5-8,13-14,16,19H,9-11H2,1-4H3,(H,25,26,27). The number of esters is 1. The van der Waals surface area contributed by atoms with Crippen LogP contribution >= 0.6 is 0 Å². The zero-order valence-corrected chi connectivity index (χ0v) is 18.8. The first kappa shape index (κ1) is 20.9. The molecular weight excluding hydrogens is 422 g/mol. The number of ether oxygens (including phenoxy) is 2. The normalized spacial score (nSPS) is 33.6. The number of nitrogens with zero attached hydrogens (tertiary/aromatic N) is 1. The maximum Gasteiger partial charge on any atom is 0.398 e. The van der Waals surface area contributed by atoms with E-state index in [0.717, 1.165) is 30.5 Å². The van der Waals surface area contributed by atoms with E-state index < -0.39 is 33.4 Å². The maximum atomic E-state index is 12.6. The van der Waals surface area contributed by atoms with E-state index in [-0.39, 0.29) is 17.9 Å². The van der Waals surface area contributed by atoms with Gasteiger partial charge in [0.15, 0.2) is 11.5 Å². The molecule has 1 saturated heterocycles. The number of hydrogen-bond acceptors (Lipinski definition) is 7. The Morgan fingerprint density at radius 1 is 1.29 bits per heavy atom. The molecule has 31 heavy (non-hydrogen) atoms. The van der Waals surface area contributed by atoms with E-state index in [2.05, 4.69) is 11.9 Å². The lowest BCUT2D eigenvalue weighted by molar-refractivity contribution is -0.143. The summed E-state index contributed by atoms with van der Waals surface area (Å²) < 4.78 is 49.5. The number of piperidine rings is 1. The van der Waals surface area contributed by atoms with Crippen LogP contribution in [0.1, 0.15) is 38.3 Å². The smallest absolute Gasteiger partial charge is 0.398 e. The fourth-order valence-electron chi connectivity index (χ4n) is 5.77. The minimum absolute atomic E-state index is 0.0971. The second-order valence-corrected chi connectivity index (χ2v) is 11.1. The predicted octanol–water partition coefficient (Wildman–Crippen LogP) is 2.27. The molecular formula is C22H27NO7S. The molecule has 1 spiro atoms. The van der Waals surface area contributed by atoms with Gasteiger partial charge in [-0.3, -0.25) is 9.35 Å². The van der Waals surface area contributed by atoms with Crippen LogP contribution in [0.25, 0.3) is 0 Å². The molecule has 5 atom stereocenters. The topological polar surface area (TPSA) is 102 Å². The Morgan fingerprint density at radius 3 is 2.71 bits per heavy atom. The molecule has 1 N–H and O–H groups in total. The summed E-state index contributed by atoms with van der Waals surface area (Å²) in [6.45, 7) is 6.16. The van der Waals surface area contributed by atoms with Crippen LogP contribution in [0.4, 0.5) is 0 Å². The van der Waals surface area contributed by atoms with Gasteiger partial charge in [-0.15, -0.1) is 0 Å². The third kappa shape index (κ3) is 3.05. The van der Waals surface area contributed by atoms with Gasteiger partial charge < -0.3 is 14.4 Å². The minimum atomic E-state index is -4.68. The van der Waals surface area contributed by atoms with Gasteiger partial charge in [0, 0.05) is 22.9 Å². The van der Waals surface area contributed by atoms with E-state index in [1.165, 1.54) is 0 Å². The van der Waals surface area contributed by atoms with Crippen LogP contribution in [0.15, 0.2) is 24.3 Å². The van der Waals surface area contributed by atoms with Crippen LogP contribution in [-0.4, -0.2) is 55.7 Å². The van der Waals surface area contributed by atoms with Crippen molar-refractivity contribution in [1.29, 1.82) is 0 Å². The van der Waals surface area contributed by atoms with Crippen molar-refractivity contribution in [1.82, 2.24) is 4.90 Å². The summed E-state index contributed by atoms with van der Waals surface area (Å²) >= 11 is 0. The van der Waals surface area contributed by atoms with Crippen molar-refractivity contribution in [2.24, 2.45) is 11.3 Å². The van der Waals surface area contributed by atoms with Crippen molar-refractivity contribution in [2.75, 3.05) is 13.6 Å². The molecule has 0 amide bonds. The van der Waals surface area contributed by atoms with Crippen molar-refractivity contribution < 1.29 is 31.4 Å². The molecule has 1 fully saturated rings. The summed E-state index contributed by atoms with van der Waals surface area (Å²) in [4.78, 5) is 14.9. The summed E-state index contributed by atoms with van der Waals surface area (Å²) in [5, 5.41) is 0. The molecule has 1 aromatic carbocycles. The summed E-state index contributed by atoms with van der Waals surface area (Å²) in [6, 6.07) is 3.98. The van der Waals surface area contributed by atoms with Gasteiger partial charge in [0.25, 0.3) is 0 Å². The zero-order valence-electron chi connectivity index (χ0n) is 18.0. The molecule has 9 heteroatoms. The molecule has 0 aromatic heterocycles. The second kappa shape index (κ2) is 6.54. The minimum Gasteiger partial charge on any atom is -0.482 e. The maximum absolute atomic E-state index is 12.6. The Hall–Kier alpha value is -1.94. The molecule has 5 rings (SSSR count). The van der Waals surface area contributed by atoms with Crippen molar-refractivity contribution in [2.45, 2.75) is 57.3 Å². The summed E-state index contributed by atoms with van der Waals surface area (Å²) in [7, 11) is -2.58. The Labute approximate surface area is 182 Å². The van der Waals surface area contributed by atoms with E-state index in [1.807, 2.05) is 12.1 Å². The van der Waals surface area contributed by atoms with Crippen LogP contribution in [0.5, 0.6) is 11.5 Å². The number of carbonyl (C=O) groups is 1. The van der Waals surface area contributed by atoms with E-state index in [4.69, 9.17) is 13.7 Å². The number of likely N-dealkylation sites (tertiary alicyclic amines) is 1. The number of benzene rings is 1. The highest BCUT2D eigenvalue weighted by Crippen LogP contribution is 2.62. The van der Waals surface area contributed by atoms with Crippen molar-refractivity contribution in [3.63, 3.8) is 0 Å². The van der Waals surface area contributed by atoms with Crippen LogP contribution < -0.4 is 9.47 Å². The van der Waals surface area contributed by atoms with Crippen molar-refractivity contribution >= 4 is 16.4 Å². The van der Waals surface area contributed by atoms with Crippen molar-refractivity contribution in [3.8, 4) is 11.5 Å². The monoisotopic (exact) mass is 449 g/mol. The Morgan fingerprint density at radius 2 is 2.03 bits per heavy atom. The van der Waals surface area contributed by atoms with Gasteiger partial charge in [-0.1, -0.05) is 18.2 Å². The first-order valence-electron chi connectivity index (χ1n) is 10.5. The lowest BCUT2D eigenvalue weighted by Crippen LogP contribution is -2.65. The molecule has 5 unspecified atom stereocenters. The van der Waals surface area contributed by atoms with Gasteiger partial charge in [0.2, 0.25) is 0 Å². The number of carbonyl (C=O) groups excluding carboxylic acids is 1. The SMILES string of the molecule is CN1CCC23c4c5ccc(OC(=O)C(C)(C)C)c4OC2C(OS(=O)(=O)O)C=CC3C1C5. The Bertz CT molecular complexity index is 1090. The molecule has 168 valence electrons. The molecule has 2 aliphatic carbocycles. The van der Waals surface area contributed by atoms with E-state index in [9.17, 15) is 17.8 Å². The molecule has 2 heterocycles. The third-order valence-electron chi connectivity index (χ3n) is 7.16. The predicted molar refractivity (Wildman–Crippen MR) is 111 cm³/mol. The van der Waals surface area contributed by atoms with Crippen LogP contribution in [0.3, 0.4) is 0 Å². The summed E-state index contributed by atoms with van der Waals surface area (Å²) in [5.41, 5.74) is 0.904. The van der Waals surface area contributed by atoms with E-state index in [1.54, 1.807) is 32.9 Å².